The molecule has 0 spiro atoms. The van der Waals surface area contributed by atoms with Gasteiger partial charge in [0.05, 0.1) is 7.11 Å². The fourth-order valence-corrected chi connectivity index (χ4v) is 1.80. The molecule has 4 heteroatoms. The van der Waals surface area contributed by atoms with Crippen LogP contribution in [0.5, 0.6) is 0 Å². The van der Waals surface area contributed by atoms with E-state index in [1.54, 1.807) is 0 Å². The van der Waals surface area contributed by atoms with Gasteiger partial charge in [-0.05, 0) is 20.5 Å². The van der Waals surface area contributed by atoms with Crippen LogP contribution in [-0.4, -0.2) is 62.7 Å². The second kappa shape index (κ2) is 5.32. The Kier molecular flexibility index (Phi) is 4.35. The van der Waals surface area contributed by atoms with Crippen LogP contribution in [0.15, 0.2) is 0 Å². The predicted molar refractivity (Wildman–Crippen MR) is 55.2 cm³/mol. The Bertz CT molecular complexity index is 197. The minimum Gasteiger partial charge on any atom is -0.469 e. The summed E-state index contributed by atoms with van der Waals surface area (Å²) in [6, 6.07) is 0.493. The maximum absolute atomic E-state index is 11.0. The standard InChI is InChI=1S/C10H20N2O2/c1-11-6-7-12(2)9(8-11)4-5-10(13)14-3/h9H,4-8H2,1-3H3/t9-/m0/s1. The smallest absolute Gasteiger partial charge is 0.305 e. The number of methoxy groups -OCH3 is 1. The molecule has 0 aliphatic carbocycles. The molecule has 1 aliphatic heterocycles. The number of esters is 1. The Labute approximate surface area is 85.8 Å². The fraction of sp³-hybridized carbons (Fsp3) is 0.900. The molecule has 0 saturated carbocycles. The molecule has 4 nitrogen and oxygen atoms in total. The molecule has 14 heavy (non-hydrogen) atoms. The number of carbonyl (C=O) groups excluding carboxylic acids is 1. The highest BCUT2D eigenvalue weighted by atomic mass is 16.5. The van der Waals surface area contributed by atoms with Gasteiger partial charge in [-0.15, -0.1) is 0 Å². The van der Waals surface area contributed by atoms with E-state index in [2.05, 4.69) is 28.6 Å². The summed E-state index contributed by atoms with van der Waals surface area (Å²) in [6.45, 7) is 3.25. The van der Waals surface area contributed by atoms with Crippen molar-refractivity contribution in [3.63, 3.8) is 0 Å². The summed E-state index contributed by atoms with van der Waals surface area (Å²) in [5, 5.41) is 0. The topological polar surface area (TPSA) is 32.8 Å². The van der Waals surface area contributed by atoms with E-state index in [1.165, 1.54) is 7.11 Å². The summed E-state index contributed by atoms with van der Waals surface area (Å²) in [4.78, 5) is 15.6. The lowest BCUT2D eigenvalue weighted by atomic mass is 10.1. The van der Waals surface area contributed by atoms with Crippen LogP contribution < -0.4 is 0 Å². The molecule has 0 radical (unpaired) electrons. The van der Waals surface area contributed by atoms with E-state index >= 15 is 0 Å². The molecule has 0 N–H and O–H groups in total. The number of hydrogen-bond donors (Lipinski definition) is 0. The van der Waals surface area contributed by atoms with Crippen molar-refractivity contribution in [3.05, 3.63) is 0 Å². The minimum absolute atomic E-state index is 0.105. The number of likely N-dealkylation sites (N-methyl/N-ethyl adjacent to an activating group) is 2. The Morgan fingerprint density at radius 3 is 2.79 bits per heavy atom. The summed E-state index contributed by atoms with van der Waals surface area (Å²) >= 11 is 0. The monoisotopic (exact) mass is 200 g/mol. The van der Waals surface area contributed by atoms with Crippen LogP contribution in [0, 0.1) is 0 Å². The Hall–Kier alpha value is -0.610. The van der Waals surface area contributed by atoms with Crippen LogP contribution in [0.25, 0.3) is 0 Å². The summed E-state index contributed by atoms with van der Waals surface area (Å²) in [6.07, 6.45) is 1.42. The van der Waals surface area contributed by atoms with E-state index in [0.29, 0.717) is 12.5 Å². The van der Waals surface area contributed by atoms with Gasteiger partial charge in [-0.25, -0.2) is 0 Å². The third-order valence-electron chi connectivity index (χ3n) is 2.89. The van der Waals surface area contributed by atoms with Gasteiger partial charge in [-0.2, -0.15) is 0 Å². The molecule has 0 unspecified atom stereocenters. The second-order valence-corrected chi connectivity index (χ2v) is 4.01. The highest BCUT2D eigenvalue weighted by molar-refractivity contribution is 5.69. The molecular formula is C10H20N2O2. The number of piperazine rings is 1. The second-order valence-electron chi connectivity index (χ2n) is 4.01. The lowest BCUT2D eigenvalue weighted by Gasteiger charge is -2.37. The molecule has 82 valence electrons. The van der Waals surface area contributed by atoms with Crippen LogP contribution in [0.1, 0.15) is 12.8 Å². The van der Waals surface area contributed by atoms with E-state index in [0.717, 1.165) is 26.1 Å². The molecule has 0 amide bonds. The summed E-state index contributed by atoms with van der Waals surface area (Å²) in [7, 11) is 5.69. The van der Waals surface area contributed by atoms with Gasteiger partial charge >= 0.3 is 5.97 Å². The molecule has 1 atom stereocenters. The van der Waals surface area contributed by atoms with E-state index in [1.807, 2.05) is 0 Å². The molecule has 1 fully saturated rings. The van der Waals surface area contributed by atoms with Crippen molar-refractivity contribution in [2.75, 3.05) is 40.8 Å². The molecular weight excluding hydrogens is 180 g/mol. The number of hydrogen-bond acceptors (Lipinski definition) is 4. The van der Waals surface area contributed by atoms with Gasteiger partial charge in [0.2, 0.25) is 0 Å². The van der Waals surface area contributed by atoms with Gasteiger partial charge in [0.1, 0.15) is 0 Å². The zero-order valence-electron chi connectivity index (χ0n) is 9.32. The summed E-state index contributed by atoms with van der Waals surface area (Å²) < 4.78 is 4.63. The number of nitrogens with zero attached hydrogens (tertiary/aromatic N) is 2. The fourth-order valence-electron chi connectivity index (χ4n) is 1.80. The van der Waals surface area contributed by atoms with Crippen molar-refractivity contribution in [1.82, 2.24) is 9.80 Å². The Balaban J connectivity index is 2.30. The molecule has 1 aliphatic rings. The molecule has 1 heterocycles. The van der Waals surface area contributed by atoms with Crippen LogP contribution in [0.3, 0.4) is 0 Å². The number of ether oxygens (including phenoxy) is 1. The first-order valence-corrected chi connectivity index (χ1v) is 5.09. The van der Waals surface area contributed by atoms with Crippen LogP contribution in [-0.2, 0) is 9.53 Å². The number of carbonyl (C=O) groups is 1. The number of rotatable bonds is 3. The maximum atomic E-state index is 11.0. The van der Waals surface area contributed by atoms with Gasteiger partial charge < -0.3 is 14.5 Å². The minimum atomic E-state index is -0.105. The SMILES string of the molecule is COC(=O)CC[C@H]1CN(C)CCN1C. The Morgan fingerprint density at radius 2 is 2.14 bits per heavy atom. The van der Waals surface area contributed by atoms with Crippen molar-refractivity contribution >= 4 is 5.97 Å². The van der Waals surface area contributed by atoms with Crippen LogP contribution in [0.4, 0.5) is 0 Å². The highest BCUT2D eigenvalue weighted by Crippen LogP contribution is 2.11. The van der Waals surface area contributed by atoms with E-state index < -0.39 is 0 Å². The first kappa shape index (κ1) is 11.5. The summed E-state index contributed by atoms with van der Waals surface area (Å²) in [5.41, 5.74) is 0. The molecule has 0 aromatic heterocycles. The quantitative estimate of drug-likeness (QED) is 0.609. The van der Waals surface area contributed by atoms with Gasteiger partial charge in [0, 0.05) is 32.1 Å². The third kappa shape index (κ3) is 3.27. The molecule has 0 aromatic carbocycles. The first-order chi connectivity index (χ1) is 6.63. The van der Waals surface area contributed by atoms with Crippen molar-refractivity contribution in [1.29, 1.82) is 0 Å². The lowest BCUT2D eigenvalue weighted by molar-refractivity contribution is -0.141. The van der Waals surface area contributed by atoms with E-state index in [4.69, 9.17) is 0 Å². The molecule has 0 bridgehead atoms. The Morgan fingerprint density at radius 1 is 1.43 bits per heavy atom. The van der Waals surface area contributed by atoms with Crippen LogP contribution in [0.2, 0.25) is 0 Å². The average Bonchev–Trinajstić information content (AvgIpc) is 2.19. The highest BCUT2D eigenvalue weighted by Gasteiger charge is 2.22. The first-order valence-electron chi connectivity index (χ1n) is 5.09. The van der Waals surface area contributed by atoms with Gasteiger partial charge in [-0.1, -0.05) is 0 Å². The van der Waals surface area contributed by atoms with Crippen molar-refractivity contribution < 1.29 is 9.53 Å². The zero-order valence-corrected chi connectivity index (χ0v) is 9.32. The van der Waals surface area contributed by atoms with E-state index in [9.17, 15) is 4.79 Å². The largest absolute Gasteiger partial charge is 0.469 e. The average molecular weight is 200 g/mol. The maximum Gasteiger partial charge on any atom is 0.305 e. The molecule has 0 aromatic rings. The zero-order chi connectivity index (χ0) is 10.6. The van der Waals surface area contributed by atoms with Crippen molar-refractivity contribution in [2.24, 2.45) is 0 Å². The van der Waals surface area contributed by atoms with Gasteiger partial charge in [0.25, 0.3) is 0 Å². The van der Waals surface area contributed by atoms with Crippen molar-refractivity contribution in [2.45, 2.75) is 18.9 Å². The van der Waals surface area contributed by atoms with E-state index in [-0.39, 0.29) is 5.97 Å². The summed E-state index contributed by atoms with van der Waals surface area (Å²) in [5.74, 6) is -0.105. The predicted octanol–water partition coefficient (Wildman–Crippen LogP) is 0.185. The van der Waals surface area contributed by atoms with Gasteiger partial charge in [-0.3, -0.25) is 4.79 Å². The van der Waals surface area contributed by atoms with Crippen LogP contribution >= 0.6 is 0 Å². The molecule has 1 saturated heterocycles. The molecule has 1 rings (SSSR count). The van der Waals surface area contributed by atoms with Crippen molar-refractivity contribution in [3.8, 4) is 0 Å². The van der Waals surface area contributed by atoms with Gasteiger partial charge in [0.15, 0.2) is 0 Å². The lowest BCUT2D eigenvalue weighted by Crippen LogP contribution is -2.49. The third-order valence-corrected chi connectivity index (χ3v) is 2.89. The normalized spacial score (nSPS) is 24.9.